The van der Waals surface area contributed by atoms with Gasteiger partial charge in [0.1, 0.15) is 0 Å². The van der Waals surface area contributed by atoms with Crippen LogP contribution < -0.4 is 5.32 Å². The largest absolute Gasteiger partial charge is 0.372 e. The molecule has 0 amide bonds. The SMILES string of the molecule is ClCC(NCC1OCCc2ccccc21)c1ccccc1. The third-order valence-corrected chi connectivity index (χ3v) is 4.31. The first kappa shape index (κ1) is 14.6. The van der Waals surface area contributed by atoms with Gasteiger partial charge in [-0.15, -0.1) is 11.6 Å². The minimum absolute atomic E-state index is 0.115. The highest BCUT2D eigenvalue weighted by molar-refractivity contribution is 6.18. The van der Waals surface area contributed by atoms with Crippen molar-refractivity contribution in [3.05, 3.63) is 71.3 Å². The fourth-order valence-corrected chi connectivity index (χ4v) is 3.13. The maximum absolute atomic E-state index is 6.12. The lowest BCUT2D eigenvalue weighted by Crippen LogP contribution is -2.31. The van der Waals surface area contributed by atoms with E-state index in [4.69, 9.17) is 16.3 Å². The third-order valence-electron chi connectivity index (χ3n) is 4.00. The van der Waals surface area contributed by atoms with Crippen LogP contribution in [0.1, 0.15) is 28.8 Å². The Morgan fingerprint density at radius 1 is 1.10 bits per heavy atom. The average molecular weight is 302 g/mol. The van der Waals surface area contributed by atoms with Crippen LogP contribution in [0.5, 0.6) is 0 Å². The summed E-state index contributed by atoms with van der Waals surface area (Å²) < 4.78 is 5.93. The molecule has 0 fully saturated rings. The zero-order valence-corrected chi connectivity index (χ0v) is 12.7. The average Bonchev–Trinajstić information content (AvgIpc) is 2.56. The molecule has 1 heterocycles. The summed E-state index contributed by atoms with van der Waals surface area (Å²) in [5, 5.41) is 3.54. The van der Waals surface area contributed by atoms with E-state index in [1.54, 1.807) is 0 Å². The van der Waals surface area contributed by atoms with E-state index in [-0.39, 0.29) is 12.1 Å². The number of benzene rings is 2. The van der Waals surface area contributed by atoms with Crippen LogP contribution in [-0.2, 0) is 11.2 Å². The van der Waals surface area contributed by atoms with Gasteiger partial charge in [-0.2, -0.15) is 0 Å². The van der Waals surface area contributed by atoms with Crippen molar-refractivity contribution in [1.29, 1.82) is 0 Å². The van der Waals surface area contributed by atoms with Crippen LogP contribution in [-0.4, -0.2) is 19.0 Å². The molecule has 0 aliphatic carbocycles. The molecule has 0 bridgehead atoms. The van der Waals surface area contributed by atoms with Crippen LogP contribution >= 0.6 is 11.6 Å². The Morgan fingerprint density at radius 3 is 2.67 bits per heavy atom. The van der Waals surface area contributed by atoms with Crippen molar-refractivity contribution >= 4 is 11.6 Å². The Hall–Kier alpha value is -1.35. The molecule has 0 spiro atoms. The van der Waals surface area contributed by atoms with Crippen LogP contribution in [0.4, 0.5) is 0 Å². The van der Waals surface area contributed by atoms with Crippen molar-refractivity contribution in [1.82, 2.24) is 5.32 Å². The van der Waals surface area contributed by atoms with Gasteiger partial charge in [-0.1, -0.05) is 54.6 Å². The summed E-state index contributed by atoms with van der Waals surface area (Å²) in [5.74, 6) is 0.554. The number of rotatable bonds is 5. The predicted molar refractivity (Wildman–Crippen MR) is 86.7 cm³/mol. The zero-order chi connectivity index (χ0) is 14.5. The minimum Gasteiger partial charge on any atom is -0.372 e. The highest BCUT2D eigenvalue weighted by Gasteiger charge is 2.21. The number of halogens is 1. The van der Waals surface area contributed by atoms with E-state index in [0.29, 0.717) is 5.88 Å². The van der Waals surface area contributed by atoms with Crippen molar-refractivity contribution in [3.63, 3.8) is 0 Å². The number of fused-ring (bicyclic) bond motifs is 1. The highest BCUT2D eigenvalue weighted by Crippen LogP contribution is 2.27. The summed E-state index contributed by atoms with van der Waals surface area (Å²) >= 11 is 6.12. The minimum atomic E-state index is 0.115. The lowest BCUT2D eigenvalue weighted by Gasteiger charge is -2.28. The van der Waals surface area contributed by atoms with E-state index in [9.17, 15) is 0 Å². The lowest BCUT2D eigenvalue weighted by atomic mass is 9.97. The van der Waals surface area contributed by atoms with Crippen molar-refractivity contribution in [2.24, 2.45) is 0 Å². The maximum atomic E-state index is 6.12. The molecule has 2 nitrogen and oxygen atoms in total. The Bertz CT molecular complexity index is 572. The molecule has 2 aromatic rings. The predicted octanol–water partition coefficient (Wildman–Crippen LogP) is 3.87. The molecule has 1 aliphatic heterocycles. The number of alkyl halides is 1. The number of hydrogen-bond acceptors (Lipinski definition) is 2. The first-order valence-electron chi connectivity index (χ1n) is 7.42. The molecule has 0 radical (unpaired) electrons. The second-order valence-corrected chi connectivity index (χ2v) is 5.64. The first-order chi connectivity index (χ1) is 10.4. The Balaban J connectivity index is 1.68. The maximum Gasteiger partial charge on any atom is 0.0952 e. The summed E-state index contributed by atoms with van der Waals surface area (Å²) in [6.07, 6.45) is 1.12. The standard InChI is InChI=1S/C18H20ClNO/c19-12-17(15-7-2-1-3-8-15)20-13-18-16-9-5-4-6-14(16)10-11-21-18/h1-9,17-18,20H,10-13H2. The van der Waals surface area contributed by atoms with Gasteiger partial charge in [0.25, 0.3) is 0 Å². The summed E-state index contributed by atoms with van der Waals surface area (Å²) in [6, 6.07) is 19.0. The van der Waals surface area contributed by atoms with Gasteiger partial charge >= 0.3 is 0 Å². The number of nitrogens with one attached hydrogen (secondary N) is 1. The molecule has 0 saturated carbocycles. The third kappa shape index (κ3) is 3.46. The van der Waals surface area contributed by atoms with Crippen LogP contribution in [0, 0.1) is 0 Å². The fourth-order valence-electron chi connectivity index (χ4n) is 2.84. The van der Waals surface area contributed by atoms with Crippen LogP contribution in [0.3, 0.4) is 0 Å². The van der Waals surface area contributed by atoms with Crippen LogP contribution in [0.2, 0.25) is 0 Å². The summed E-state index contributed by atoms with van der Waals surface area (Å²) in [6.45, 7) is 1.57. The van der Waals surface area contributed by atoms with Gasteiger partial charge in [0.2, 0.25) is 0 Å². The van der Waals surface area contributed by atoms with Crippen molar-refractivity contribution < 1.29 is 4.74 Å². The van der Waals surface area contributed by atoms with E-state index >= 15 is 0 Å². The van der Waals surface area contributed by atoms with Crippen molar-refractivity contribution in [3.8, 4) is 0 Å². The molecule has 2 atom stereocenters. The van der Waals surface area contributed by atoms with Gasteiger partial charge in [-0.05, 0) is 23.1 Å². The first-order valence-corrected chi connectivity index (χ1v) is 7.95. The smallest absolute Gasteiger partial charge is 0.0952 e. The molecule has 3 rings (SSSR count). The fraction of sp³-hybridized carbons (Fsp3) is 0.333. The van der Waals surface area contributed by atoms with Crippen molar-refractivity contribution in [2.45, 2.75) is 18.6 Å². The Kier molecular flexibility index (Phi) is 4.91. The molecule has 3 heteroatoms. The van der Waals surface area contributed by atoms with Crippen LogP contribution in [0.15, 0.2) is 54.6 Å². The zero-order valence-electron chi connectivity index (χ0n) is 12.0. The summed E-state index contributed by atoms with van der Waals surface area (Å²) in [7, 11) is 0. The normalized spacial score (nSPS) is 19.0. The topological polar surface area (TPSA) is 21.3 Å². The Labute approximate surface area is 131 Å². The molecule has 21 heavy (non-hydrogen) atoms. The molecular formula is C18H20ClNO. The monoisotopic (exact) mass is 301 g/mol. The van der Waals surface area contributed by atoms with Gasteiger partial charge in [0, 0.05) is 18.5 Å². The second kappa shape index (κ2) is 7.08. The lowest BCUT2D eigenvalue weighted by molar-refractivity contribution is 0.0410. The highest BCUT2D eigenvalue weighted by atomic mass is 35.5. The molecule has 0 aromatic heterocycles. The van der Waals surface area contributed by atoms with Gasteiger partial charge < -0.3 is 10.1 Å². The molecular weight excluding hydrogens is 282 g/mol. The Morgan fingerprint density at radius 2 is 1.86 bits per heavy atom. The van der Waals surface area contributed by atoms with E-state index in [1.807, 2.05) is 18.2 Å². The molecule has 1 N–H and O–H groups in total. The molecule has 2 unspecified atom stereocenters. The second-order valence-electron chi connectivity index (χ2n) is 5.33. The molecule has 0 saturated heterocycles. The van der Waals surface area contributed by atoms with Gasteiger partial charge in [-0.3, -0.25) is 0 Å². The van der Waals surface area contributed by atoms with E-state index in [1.165, 1.54) is 16.7 Å². The van der Waals surface area contributed by atoms with E-state index in [2.05, 4.69) is 41.7 Å². The van der Waals surface area contributed by atoms with Crippen LogP contribution in [0.25, 0.3) is 0 Å². The number of ether oxygens (including phenoxy) is 1. The van der Waals surface area contributed by atoms with Gasteiger partial charge in [0.15, 0.2) is 0 Å². The molecule has 2 aromatic carbocycles. The quantitative estimate of drug-likeness (QED) is 0.847. The van der Waals surface area contributed by atoms with Gasteiger partial charge in [0.05, 0.1) is 12.7 Å². The van der Waals surface area contributed by atoms with Gasteiger partial charge in [-0.25, -0.2) is 0 Å². The summed E-state index contributed by atoms with van der Waals surface area (Å²) in [4.78, 5) is 0. The molecule has 1 aliphatic rings. The summed E-state index contributed by atoms with van der Waals surface area (Å²) in [5.41, 5.74) is 3.92. The van der Waals surface area contributed by atoms with E-state index < -0.39 is 0 Å². The number of hydrogen-bond donors (Lipinski definition) is 1. The van der Waals surface area contributed by atoms with E-state index in [0.717, 1.165) is 19.6 Å². The van der Waals surface area contributed by atoms with Crippen molar-refractivity contribution in [2.75, 3.05) is 19.0 Å². The molecule has 110 valence electrons.